The van der Waals surface area contributed by atoms with Gasteiger partial charge in [0.25, 0.3) is 6.01 Å². The van der Waals surface area contributed by atoms with Crippen LogP contribution in [0.15, 0.2) is 28.9 Å². The first-order valence-electron chi connectivity index (χ1n) is 8.11. The van der Waals surface area contributed by atoms with Gasteiger partial charge in [-0.05, 0) is 23.1 Å². The van der Waals surface area contributed by atoms with Crippen molar-refractivity contribution in [2.24, 2.45) is 0 Å². The van der Waals surface area contributed by atoms with E-state index in [-0.39, 0.29) is 16.8 Å². The molecule has 0 bridgehead atoms. The number of rotatable bonds is 4. The average Bonchev–Trinajstić information content (AvgIpc) is 3.10. The summed E-state index contributed by atoms with van der Waals surface area (Å²) in [6.07, 6.45) is 1.61. The van der Waals surface area contributed by atoms with Crippen molar-refractivity contribution in [1.29, 1.82) is 0 Å². The quantitative estimate of drug-likeness (QED) is 0.677. The van der Waals surface area contributed by atoms with Crippen LogP contribution < -0.4 is 11.1 Å². The predicted molar refractivity (Wildman–Crippen MR) is 97.2 cm³/mol. The van der Waals surface area contributed by atoms with Crippen LogP contribution in [0, 0.1) is 0 Å². The van der Waals surface area contributed by atoms with Crippen LogP contribution >= 0.6 is 0 Å². The van der Waals surface area contributed by atoms with Crippen LogP contribution in [0.25, 0.3) is 10.9 Å². The van der Waals surface area contributed by atoms with Gasteiger partial charge in [0.15, 0.2) is 5.82 Å². The number of nitrogen functional groups attached to an aromatic ring is 1. The Morgan fingerprint density at radius 1 is 1.21 bits per heavy atom. The Morgan fingerprint density at radius 3 is 2.58 bits per heavy atom. The van der Waals surface area contributed by atoms with Crippen LogP contribution in [0.4, 0.5) is 11.8 Å². The number of nitrogens with one attached hydrogen (secondary N) is 2. The summed E-state index contributed by atoms with van der Waals surface area (Å²) in [5.74, 6) is 0.848. The van der Waals surface area contributed by atoms with Crippen molar-refractivity contribution < 1.29 is 4.42 Å². The van der Waals surface area contributed by atoms with E-state index in [4.69, 9.17) is 10.2 Å². The second kappa shape index (κ2) is 5.54. The lowest BCUT2D eigenvalue weighted by molar-refractivity contribution is 0.525. The molecule has 0 fully saturated rings. The van der Waals surface area contributed by atoms with Crippen molar-refractivity contribution in [2.75, 3.05) is 17.6 Å². The Morgan fingerprint density at radius 2 is 1.96 bits per heavy atom. The highest BCUT2D eigenvalue weighted by Gasteiger charge is 2.25. The molecule has 0 aliphatic carbocycles. The van der Waals surface area contributed by atoms with E-state index in [2.05, 4.69) is 73.3 Å². The minimum Gasteiger partial charge on any atom is -0.432 e. The maximum absolute atomic E-state index is 5.58. The molecule has 0 spiro atoms. The fourth-order valence-electron chi connectivity index (χ4n) is 2.61. The van der Waals surface area contributed by atoms with Gasteiger partial charge in [0.1, 0.15) is 6.26 Å². The number of nitrogens with two attached hydrogens (primary N) is 1. The lowest BCUT2D eigenvalue weighted by Gasteiger charge is -2.22. The van der Waals surface area contributed by atoms with Gasteiger partial charge in [-0.25, -0.2) is 0 Å². The third kappa shape index (κ3) is 3.09. The second-order valence-electron chi connectivity index (χ2n) is 7.89. The molecule has 6 nitrogen and oxygen atoms in total. The zero-order valence-electron chi connectivity index (χ0n) is 14.9. The molecule has 3 rings (SSSR count). The molecule has 1 aromatic carbocycles. The lowest BCUT2D eigenvalue weighted by Crippen LogP contribution is -2.28. The smallest absolute Gasteiger partial charge is 0.292 e. The molecule has 0 radical (unpaired) electrons. The highest BCUT2D eigenvalue weighted by atomic mass is 16.4. The first-order chi connectivity index (χ1) is 11.2. The van der Waals surface area contributed by atoms with Crippen LogP contribution in [0.2, 0.25) is 0 Å². The van der Waals surface area contributed by atoms with Crippen molar-refractivity contribution in [1.82, 2.24) is 15.2 Å². The summed E-state index contributed by atoms with van der Waals surface area (Å²) in [5, 5.41) is 12.0. The Labute approximate surface area is 141 Å². The average molecular weight is 327 g/mol. The van der Waals surface area contributed by atoms with E-state index in [1.165, 1.54) is 5.56 Å². The molecule has 128 valence electrons. The molecule has 0 saturated heterocycles. The molecule has 4 N–H and O–H groups in total. The fraction of sp³-hybridized carbons (Fsp3) is 0.444. The zero-order valence-corrected chi connectivity index (χ0v) is 14.9. The third-order valence-corrected chi connectivity index (χ3v) is 4.34. The number of hydrogen-bond acceptors (Lipinski definition) is 5. The largest absolute Gasteiger partial charge is 0.432 e. The molecule has 0 saturated carbocycles. The normalized spacial score (nSPS) is 12.7. The molecule has 6 heteroatoms. The molecule has 0 amide bonds. The molecule has 0 aliphatic heterocycles. The lowest BCUT2D eigenvalue weighted by atomic mass is 9.86. The zero-order chi connectivity index (χ0) is 17.5. The van der Waals surface area contributed by atoms with E-state index in [0.29, 0.717) is 6.54 Å². The van der Waals surface area contributed by atoms with Gasteiger partial charge in [0.05, 0.1) is 11.2 Å². The summed E-state index contributed by atoms with van der Waals surface area (Å²) in [5.41, 5.74) is 8.58. The highest BCUT2D eigenvalue weighted by molar-refractivity contribution is 5.90. The molecule has 0 atom stereocenters. The summed E-state index contributed by atoms with van der Waals surface area (Å²) in [6.45, 7) is 11.5. The molecular formula is C18H25N5O. The maximum atomic E-state index is 5.58. The Balaban J connectivity index is 1.85. The Hall–Kier alpha value is -2.50. The molecule has 3 aromatic rings. The number of oxazole rings is 1. The van der Waals surface area contributed by atoms with Crippen LogP contribution in [0.1, 0.15) is 45.9 Å². The topological polar surface area (TPSA) is 92.8 Å². The minimum atomic E-state index is -0.228. The predicted octanol–water partition coefficient (Wildman–Crippen LogP) is 3.82. The molecule has 0 unspecified atom stereocenters. The van der Waals surface area contributed by atoms with Crippen LogP contribution in [-0.2, 0) is 10.8 Å². The molecule has 2 heterocycles. The third-order valence-electron chi connectivity index (χ3n) is 4.34. The van der Waals surface area contributed by atoms with Crippen molar-refractivity contribution in [3.8, 4) is 0 Å². The summed E-state index contributed by atoms with van der Waals surface area (Å²) < 4.78 is 5.13. The number of H-pyrrole nitrogens is 1. The summed E-state index contributed by atoms with van der Waals surface area (Å²) in [4.78, 5) is 4.23. The van der Waals surface area contributed by atoms with Crippen molar-refractivity contribution in [2.45, 2.75) is 45.4 Å². The maximum Gasteiger partial charge on any atom is 0.292 e. The number of aromatic nitrogens is 3. The number of aromatic amines is 1. The number of nitrogens with zero attached hydrogens (tertiary/aromatic N) is 2. The van der Waals surface area contributed by atoms with E-state index in [1.807, 2.05) is 0 Å². The van der Waals surface area contributed by atoms with Crippen LogP contribution in [-0.4, -0.2) is 21.7 Å². The van der Waals surface area contributed by atoms with Gasteiger partial charge in [0.2, 0.25) is 0 Å². The Kier molecular flexibility index (Phi) is 3.78. The first kappa shape index (κ1) is 16.4. The molecule has 0 aliphatic rings. The van der Waals surface area contributed by atoms with Crippen LogP contribution in [0.5, 0.6) is 0 Å². The second-order valence-corrected chi connectivity index (χ2v) is 7.89. The van der Waals surface area contributed by atoms with Gasteiger partial charge >= 0.3 is 0 Å². The van der Waals surface area contributed by atoms with E-state index in [1.54, 1.807) is 6.26 Å². The van der Waals surface area contributed by atoms with Gasteiger partial charge in [-0.15, -0.1) is 0 Å². The van der Waals surface area contributed by atoms with Crippen molar-refractivity contribution >= 4 is 22.7 Å². The minimum absolute atomic E-state index is 0.0975. The molecule has 2 aromatic heterocycles. The van der Waals surface area contributed by atoms with Gasteiger partial charge in [-0.2, -0.15) is 10.1 Å². The summed E-state index contributed by atoms with van der Waals surface area (Å²) in [7, 11) is 0. The van der Waals surface area contributed by atoms with Crippen molar-refractivity contribution in [3.05, 3.63) is 35.7 Å². The van der Waals surface area contributed by atoms with Gasteiger partial charge in [0, 0.05) is 17.3 Å². The van der Waals surface area contributed by atoms with Crippen molar-refractivity contribution in [3.63, 3.8) is 0 Å². The fourth-order valence-corrected chi connectivity index (χ4v) is 2.61. The SMILES string of the molecule is CC(C)(C)c1ccc2[nH]nc(NCC(C)(C)c3coc(N)n3)c2c1. The van der Waals surface area contributed by atoms with E-state index < -0.39 is 0 Å². The number of hydrogen-bond donors (Lipinski definition) is 3. The molecular weight excluding hydrogens is 302 g/mol. The number of anilines is 2. The highest BCUT2D eigenvalue weighted by Crippen LogP contribution is 2.30. The Bertz CT molecular complexity index is 854. The summed E-state index contributed by atoms with van der Waals surface area (Å²) >= 11 is 0. The van der Waals surface area contributed by atoms with E-state index in [0.717, 1.165) is 22.4 Å². The summed E-state index contributed by atoms with van der Waals surface area (Å²) in [6, 6.07) is 6.62. The number of fused-ring (bicyclic) bond motifs is 1. The van der Waals surface area contributed by atoms with Crippen LogP contribution in [0.3, 0.4) is 0 Å². The standard InChI is InChI=1S/C18H25N5O/c1-17(2,3)11-6-7-13-12(8-11)15(23-22-13)20-10-18(4,5)14-9-24-16(19)21-14/h6-9H,10H2,1-5H3,(H2,19,21)(H2,20,22,23). The van der Waals surface area contributed by atoms with Gasteiger partial charge < -0.3 is 15.5 Å². The van der Waals surface area contributed by atoms with E-state index in [9.17, 15) is 0 Å². The first-order valence-corrected chi connectivity index (χ1v) is 8.11. The van der Waals surface area contributed by atoms with Gasteiger partial charge in [-0.1, -0.05) is 40.7 Å². The number of benzene rings is 1. The molecule has 24 heavy (non-hydrogen) atoms. The van der Waals surface area contributed by atoms with Gasteiger partial charge in [-0.3, -0.25) is 5.10 Å². The monoisotopic (exact) mass is 327 g/mol. The van der Waals surface area contributed by atoms with E-state index >= 15 is 0 Å².